The van der Waals surface area contributed by atoms with Crippen molar-refractivity contribution < 1.29 is 14.6 Å². The summed E-state index contributed by atoms with van der Waals surface area (Å²) >= 11 is 0. The SMILES string of the molecule is COc1ccccc1C=CC(=O)c1ccc2ccccc2c1O. The number of phenolic OH excluding ortho intramolecular Hbond substituents is 1. The van der Waals surface area contributed by atoms with Gasteiger partial charge in [-0.2, -0.15) is 0 Å². The molecule has 0 aliphatic heterocycles. The second kappa shape index (κ2) is 6.36. The van der Waals surface area contributed by atoms with Crippen molar-refractivity contribution in [2.75, 3.05) is 7.11 Å². The van der Waals surface area contributed by atoms with E-state index in [9.17, 15) is 9.90 Å². The maximum Gasteiger partial charge on any atom is 0.189 e. The molecule has 3 rings (SSSR count). The van der Waals surface area contributed by atoms with Crippen LogP contribution in [0.25, 0.3) is 16.8 Å². The molecular formula is C20H16O3. The zero-order valence-corrected chi connectivity index (χ0v) is 12.7. The number of hydrogen-bond acceptors (Lipinski definition) is 3. The Morgan fingerprint density at radius 1 is 1.00 bits per heavy atom. The summed E-state index contributed by atoms with van der Waals surface area (Å²) in [7, 11) is 1.59. The number of ketones is 1. The number of para-hydroxylation sites is 1. The van der Waals surface area contributed by atoms with Crippen LogP contribution in [0.5, 0.6) is 11.5 Å². The van der Waals surface area contributed by atoms with Crippen molar-refractivity contribution in [1.29, 1.82) is 0 Å². The van der Waals surface area contributed by atoms with Crippen molar-refractivity contribution in [3.8, 4) is 11.5 Å². The quantitative estimate of drug-likeness (QED) is 0.572. The van der Waals surface area contributed by atoms with E-state index in [0.29, 0.717) is 11.1 Å². The fourth-order valence-electron chi connectivity index (χ4n) is 2.51. The van der Waals surface area contributed by atoms with Gasteiger partial charge in [-0.05, 0) is 29.7 Å². The highest BCUT2D eigenvalue weighted by Crippen LogP contribution is 2.29. The van der Waals surface area contributed by atoms with Gasteiger partial charge in [-0.25, -0.2) is 0 Å². The minimum absolute atomic E-state index is 0.0118. The number of rotatable bonds is 4. The predicted molar refractivity (Wildman–Crippen MR) is 92.0 cm³/mol. The zero-order chi connectivity index (χ0) is 16.2. The first-order valence-corrected chi connectivity index (χ1v) is 7.27. The van der Waals surface area contributed by atoms with Crippen LogP contribution in [0.4, 0.5) is 0 Å². The predicted octanol–water partition coefficient (Wildman–Crippen LogP) is 4.45. The maximum absolute atomic E-state index is 12.4. The normalized spacial score (nSPS) is 11.0. The van der Waals surface area contributed by atoms with Gasteiger partial charge in [0, 0.05) is 10.9 Å². The number of allylic oxidation sites excluding steroid dienone is 1. The Morgan fingerprint density at radius 2 is 1.74 bits per heavy atom. The lowest BCUT2D eigenvalue weighted by atomic mass is 10.0. The Morgan fingerprint density at radius 3 is 2.57 bits per heavy atom. The van der Waals surface area contributed by atoms with Crippen molar-refractivity contribution in [2.24, 2.45) is 0 Å². The molecule has 23 heavy (non-hydrogen) atoms. The largest absolute Gasteiger partial charge is 0.507 e. The Labute approximate surface area is 134 Å². The second-order valence-electron chi connectivity index (χ2n) is 5.12. The molecule has 0 aliphatic carbocycles. The summed E-state index contributed by atoms with van der Waals surface area (Å²) in [5.41, 5.74) is 1.10. The lowest BCUT2D eigenvalue weighted by Gasteiger charge is -2.06. The summed E-state index contributed by atoms with van der Waals surface area (Å²) < 4.78 is 5.25. The van der Waals surface area contributed by atoms with Crippen LogP contribution in [-0.2, 0) is 0 Å². The molecule has 0 aliphatic rings. The molecule has 114 valence electrons. The molecule has 1 N–H and O–H groups in total. The van der Waals surface area contributed by atoms with Crippen LogP contribution >= 0.6 is 0 Å². The fourth-order valence-corrected chi connectivity index (χ4v) is 2.51. The Hall–Kier alpha value is -3.07. The minimum Gasteiger partial charge on any atom is -0.507 e. The molecule has 0 unspecified atom stereocenters. The van der Waals surface area contributed by atoms with E-state index in [4.69, 9.17) is 4.74 Å². The van der Waals surface area contributed by atoms with Crippen molar-refractivity contribution in [3.05, 3.63) is 77.9 Å². The van der Waals surface area contributed by atoms with Crippen LogP contribution in [0.1, 0.15) is 15.9 Å². The third-order valence-electron chi connectivity index (χ3n) is 3.72. The summed E-state index contributed by atoms with van der Waals surface area (Å²) in [5.74, 6) is 0.455. The highest BCUT2D eigenvalue weighted by atomic mass is 16.5. The average molecular weight is 304 g/mol. The van der Waals surface area contributed by atoms with Gasteiger partial charge in [-0.3, -0.25) is 4.79 Å². The van der Waals surface area contributed by atoms with Gasteiger partial charge in [0.15, 0.2) is 5.78 Å². The molecule has 3 heteroatoms. The van der Waals surface area contributed by atoms with E-state index in [0.717, 1.165) is 10.9 Å². The molecule has 0 saturated heterocycles. The standard InChI is InChI=1S/C20H16O3/c1-23-19-9-5-3-7-15(19)11-13-18(21)17-12-10-14-6-2-4-8-16(14)20(17)22/h2-13,22H,1H3. The topological polar surface area (TPSA) is 46.5 Å². The smallest absolute Gasteiger partial charge is 0.189 e. The van der Waals surface area contributed by atoms with E-state index in [2.05, 4.69) is 0 Å². The van der Waals surface area contributed by atoms with E-state index in [1.54, 1.807) is 25.3 Å². The molecule has 0 aromatic heterocycles. The van der Waals surface area contributed by atoms with Gasteiger partial charge in [-0.15, -0.1) is 0 Å². The van der Waals surface area contributed by atoms with Crippen LogP contribution < -0.4 is 4.74 Å². The second-order valence-corrected chi connectivity index (χ2v) is 5.12. The van der Waals surface area contributed by atoms with E-state index in [1.165, 1.54) is 6.08 Å². The zero-order valence-electron chi connectivity index (χ0n) is 12.7. The first-order chi connectivity index (χ1) is 11.2. The summed E-state index contributed by atoms with van der Waals surface area (Å²) in [6.45, 7) is 0. The minimum atomic E-state index is -0.251. The van der Waals surface area contributed by atoms with E-state index in [1.807, 2.05) is 48.5 Å². The molecule has 0 bridgehead atoms. The molecule has 0 spiro atoms. The van der Waals surface area contributed by atoms with Crippen molar-refractivity contribution in [3.63, 3.8) is 0 Å². The van der Waals surface area contributed by atoms with Crippen molar-refractivity contribution in [1.82, 2.24) is 0 Å². The number of methoxy groups -OCH3 is 1. The molecule has 0 fully saturated rings. The number of hydrogen-bond donors (Lipinski definition) is 1. The summed E-state index contributed by atoms with van der Waals surface area (Å²) in [5, 5.41) is 11.9. The van der Waals surface area contributed by atoms with E-state index >= 15 is 0 Å². The molecule has 0 saturated carbocycles. The summed E-state index contributed by atoms with van der Waals surface area (Å²) in [6.07, 6.45) is 3.14. The highest BCUT2D eigenvalue weighted by Gasteiger charge is 2.11. The van der Waals surface area contributed by atoms with E-state index < -0.39 is 0 Å². The van der Waals surface area contributed by atoms with Gasteiger partial charge in [0.1, 0.15) is 11.5 Å². The van der Waals surface area contributed by atoms with Gasteiger partial charge in [0.05, 0.1) is 12.7 Å². The summed E-state index contributed by atoms with van der Waals surface area (Å²) in [6, 6.07) is 18.3. The number of aromatic hydroxyl groups is 1. The fraction of sp³-hybridized carbons (Fsp3) is 0.0500. The molecule has 3 aromatic rings. The van der Waals surface area contributed by atoms with Crippen LogP contribution in [0.2, 0.25) is 0 Å². The van der Waals surface area contributed by atoms with Gasteiger partial charge < -0.3 is 9.84 Å². The molecule has 0 amide bonds. The van der Waals surface area contributed by atoms with Gasteiger partial charge >= 0.3 is 0 Å². The van der Waals surface area contributed by atoms with Gasteiger partial charge in [0.2, 0.25) is 0 Å². The van der Waals surface area contributed by atoms with Crippen LogP contribution in [0, 0.1) is 0 Å². The van der Waals surface area contributed by atoms with Crippen LogP contribution in [-0.4, -0.2) is 18.0 Å². The van der Waals surface area contributed by atoms with Gasteiger partial charge in [-0.1, -0.05) is 48.5 Å². The number of carbonyl (C=O) groups excluding carboxylic acids is 1. The molecular weight excluding hydrogens is 288 g/mol. The number of phenols is 1. The highest BCUT2D eigenvalue weighted by molar-refractivity contribution is 6.11. The molecule has 3 nitrogen and oxygen atoms in total. The Kier molecular flexibility index (Phi) is 4.11. The molecule has 0 radical (unpaired) electrons. The molecule has 3 aromatic carbocycles. The Bertz CT molecular complexity index is 894. The lowest BCUT2D eigenvalue weighted by Crippen LogP contribution is -1.95. The average Bonchev–Trinajstić information content (AvgIpc) is 2.60. The van der Waals surface area contributed by atoms with Gasteiger partial charge in [0.25, 0.3) is 0 Å². The van der Waals surface area contributed by atoms with Crippen molar-refractivity contribution >= 4 is 22.6 Å². The lowest BCUT2D eigenvalue weighted by molar-refractivity contribution is 0.104. The van der Waals surface area contributed by atoms with E-state index in [-0.39, 0.29) is 17.1 Å². The Balaban J connectivity index is 1.95. The third-order valence-corrected chi connectivity index (χ3v) is 3.72. The summed E-state index contributed by atoms with van der Waals surface area (Å²) in [4.78, 5) is 12.4. The number of benzene rings is 3. The van der Waals surface area contributed by atoms with Crippen LogP contribution in [0.15, 0.2) is 66.7 Å². The number of ether oxygens (including phenoxy) is 1. The maximum atomic E-state index is 12.4. The molecule has 0 heterocycles. The van der Waals surface area contributed by atoms with Crippen LogP contribution in [0.3, 0.4) is 0 Å². The number of carbonyl (C=O) groups is 1. The monoisotopic (exact) mass is 304 g/mol. The third kappa shape index (κ3) is 2.94. The molecule has 0 atom stereocenters. The number of fused-ring (bicyclic) bond motifs is 1. The first kappa shape index (κ1) is 14.9. The first-order valence-electron chi connectivity index (χ1n) is 7.27. The van der Waals surface area contributed by atoms with Crippen molar-refractivity contribution in [2.45, 2.75) is 0 Å².